The highest BCUT2D eigenvalue weighted by Gasteiger charge is 2.00. The molecule has 1 heterocycles. The average Bonchev–Trinajstić information content (AvgIpc) is 1.96. The number of hydrogen-bond donors (Lipinski definition) is 1. The molecule has 0 unspecified atom stereocenters. The van der Waals surface area contributed by atoms with Crippen molar-refractivity contribution < 1.29 is 0 Å². The van der Waals surface area contributed by atoms with E-state index in [9.17, 15) is 4.79 Å². The van der Waals surface area contributed by atoms with Crippen molar-refractivity contribution in [3.63, 3.8) is 0 Å². The van der Waals surface area contributed by atoms with E-state index in [1.807, 2.05) is 6.92 Å². The molecule has 1 aromatic heterocycles. The van der Waals surface area contributed by atoms with Crippen LogP contribution in [0.4, 0.5) is 5.82 Å². The molecule has 11 heavy (non-hydrogen) atoms. The number of aryl methyl sites for hydroxylation is 1. The molecule has 0 aromatic carbocycles. The largest absolute Gasteiger partial charge is 0.379 e. The molecule has 0 aliphatic carbocycles. The van der Waals surface area contributed by atoms with Crippen molar-refractivity contribution in [3.05, 3.63) is 21.7 Å². The average molecular weight is 174 g/mol. The molecule has 0 atom stereocenters. The summed E-state index contributed by atoms with van der Waals surface area (Å²) in [6.45, 7) is 2.38. The van der Waals surface area contributed by atoms with Gasteiger partial charge in [0.05, 0.1) is 0 Å². The topological polar surface area (TPSA) is 60.9 Å². The van der Waals surface area contributed by atoms with Gasteiger partial charge < -0.3 is 10.3 Å². The van der Waals surface area contributed by atoms with Crippen molar-refractivity contribution >= 4 is 17.4 Å². The van der Waals surface area contributed by atoms with Gasteiger partial charge in [0.25, 0.3) is 5.56 Å². The van der Waals surface area contributed by atoms with E-state index in [4.69, 9.17) is 17.3 Å². The lowest BCUT2D eigenvalue weighted by Gasteiger charge is -2.01. The molecular formula is C6H8ClN3O. The molecule has 0 amide bonds. The molecule has 0 saturated heterocycles. The molecule has 0 fully saturated rings. The van der Waals surface area contributed by atoms with Crippen LogP contribution in [0.15, 0.2) is 11.0 Å². The summed E-state index contributed by atoms with van der Waals surface area (Å²) in [6.07, 6.45) is 1.46. The third-order valence-corrected chi connectivity index (χ3v) is 1.49. The van der Waals surface area contributed by atoms with E-state index < -0.39 is 0 Å². The number of rotatable bonds is 1. The molecule has 1 aromatic rings. The zero-order chi connectivity index (χ0) is 8.43. The fraction of sp³-hybridized carbons (Fsp3) is 0.333. The minimum absolute atomic E-state index is 0.0562. The van der Waals surface area contributed by atoms with E-state index in [2.05, 4.69) is 4.98 Å². The van der Waals surface area contributed by atoms with Crippen LogP contribution in [0.5, 0.6) is 0 Å². The van der Waals surface area contributed by atoms with E-state index in [1.54, 1.807) is 0 Å². The van der Waals surface area contributed by atoms with Crippen molar-refractivity contribution in [1.82, 2.24) is 9.55 Å². The summed E-state index contributed by atoms with van der Waals surface area (Å²) >= 11 is 5.55. The SMILES string of the molecule is CCn1cc(Cl)nc(N)c1=O. The number of nitrogen functional groups attached to an aromatic ring is 1. The minimum Gasteiger partial charge on any atom is -0.379 e. The molecule has 0 aliphatic rings. The summed E-state index contributed by atoms with van der Waals surface area (Å²) < 4.78 is 1.41. The Morgan fingerprint density at radius 2 is 2.45 bits per heavy atom. The Labute approximate surface area is 68.6 Å². The van der Waals surface area contributed by atoms with Gasteiger partial charge in [-0.05, 0) is 6.92 Å². The quantitative estimate of drug-likeness (QED) is 0.673. The van der Waals surface area contributed by atoms with Gasteiger partial charge in [0, 0.05) is 12.7 Å². The first-order valence-corrected chi connectivity index (χ1v) is 3.55. The second-order valence-corrected chi connectivity index (χ2v) is 2.43. The standard InChI is InChI=1S/C6H8ClN3O/c1-2-10-3-4(7)9-5(8)6(10)11/h3H,2H2,1H3,(H2,8,9). The molecule has 2 N–H and O–H groups in total. The number of anilines is 1. The van der Waals surface area contributed by atoms with Gasteiger partial charge in [-0.2, -0.15) is 0 Å². The Morgan fingerprint density at radius 3 is 3.00 bits per heavy atom. The van der Waals surface area contributed by atoms with Gasteiger partial charge in [0.1, 0.15) is 5.15 Å². The summed E-state index contributed by atoms with van der Waals surface area (Å²) in [5.41, 5.74) is 4.97. The van der Waals surface area contributed by atoms with E-state index >= 15 is 0 Å². The second kappa shape index (κ2) is 2.92. The summed E-state index contributed by atoms with van der Waals surface area (Å²) in [5, 5.41) is 0.240. The number of halogens is 1. The first-order valence-electron chi connectivity index (χ1n) is 3.17. The van der Waals surface area contributed by atoms with E-state index in [0.717, 1.165) is 0 Å². The van der Waals surface area contributed by atoms with Crippen LogP contribution in [-0.2, 0) is 6.54 Å². The summed E-state index contributed by atoms with van der Waals surface area (Å²) in [5.74, 6) is -0.0562. The van der Waals surface area contributed by atoms with Crippen molar-refractivity contribution in [2.45, 2.75) is 13.5 Å². The molecule has 4 nitrogen and oxygen atoms in total. The van der Waals surface area contributed by atoms with Crippen molar-refractivity contribution in [1.29, 1.82) is 0 Å². The molecule has 0 radical (unpaired) electrons. The fourth-order valence-electron chi connectivity index (χ4n) is 0.761. The summed E-state index contributed by atoms with van der Waals surface area (Å²) in [4.78, 5) is 14.7. The zero-order valence-electron chi connectivity index (χ0n) is 6.04. The van der Waals surface area contributed by atoms with Crippen LogP contribution in [0, 0.1) is 0 Å². The van der Waals surface area contributed by atoms with Gasteiger partial charge in [-0.25, -0.2) is 4.98 Å². The molecule has 5 heteroatoms. The van der Waals surface area contributed by atoms with Crippen LogP contribution in [0.3, 0.4) is 0 Å². The predicted molar refractivity (Wildman–Crippen MR) is 43.6 cm³/mol. The van der Waals surface area contributed by atoms with Crippen LogP contribution in [0.1, 0.15) is 6.92 Å². The highest BCUT2D eigenvalue weighted by Crippen LogP contribution is 2.01. The lowest BCUT2D eigenvalue weighted by molar-refractivity contribution is 0.721. The Bertz CT molecular complexity index is 320. The second-order valence-electron chi connectivity index (χ2n) is 2.04. The normalized spacial score (nSPS) is 10.0. The molecule has 0 bridgehead atoms. The molecule has 0 spiro atoms. The highest BCUT2D eigenvalue weighted by atomic mass is 35.5. The number of nitrogens with two attached hydrogens (primary N) is 1. The van der Waals surface area contributed by atoms with Gasteiger partial charge in [-0.3, -0.25) is 4.79 Å². The molecule has 0 saturated carbocycles. The van der Waals surface area contributed by atoms with Gasteiger partial charge in [0.15, 0.2) is 5.82 Å². The number of hydrogen-bond acceptors (Lipinski definition) is 3. The highest BCUT2D eigenvalue weighted by molar-refractivity contribution is 6.29. The molecule has 1 rings (SSSR count). The Kier molecular flexibility index (Phi) is 2.14. The fourth-order valence-corrected chi connectivity index (χ4v) is 0.970. The van der Waals surface area contributed by atoms with Crippen LogP contribution >= 0.6 is 11.6 Å². The Balaban J connectivity index is 3.37. The molecule has 60 valence electrons. The molecular weight excluding hydrogens is 166 g/mol. The summed E-state index contributed by atoms with van der Waals surface area (Å²) in [6, 6.07) is 0. The smallest absolute Gasteiger partial charge is 0.293 e. The lowest BCUT2D eigenvalue weighted by atomic mass is 10.6. The third kappa shape index (κ3) is 1.51. The number of aromatic nitrogens is 2. The Hall–Kier alpha value is -1.03. The lowest BCUT2D eigenvalue weighted by Crippen LogP contribution is -2.23. The third-order valence-electron chi connectivity index (χ3n) is 1.31. The monoisotopic (exact) mass is 173 g/mol. The number of nitrogens with zero attached hydrogens (tertiary/aromatic N) is 2. The van der Waals surface area contributed by atoms with E-state index in [0.29, 0.717) is 6.54 Å². The van der Waals surface area contributed by atoms with E-state index in [1.165, 1.54) is 10.8 Å². The van der Waals surface area contributed by atoms with Gasteiger partial charge in [0.2, 0.25) is 0 Å². The maximum absolute atomic E-state index is 11.1. The minimum atomic E-state index is -0.295. The van der Waals surface area contributed by atoms with Crippen molar-refractivity contribution in [2.75, 3.05) is 5.73 Å². The van der Waals surface area contributed by atoms with Gasteiger partial charge in [-0.1, -0.05) is 11.6 Å². The van der Waals surface area contributed by atoms with Crippen LogP contribution in [-0.4, -0.2) is 9.55 Å². The maximum atomic E-state index is 11.1. The first kappa shape index (κ1) is 8.07. The predicted octanol–water partition coefficient (Wildman–Crippen LogP) is 0.499. The first-order chi connectivity index (χ1) is 5.15. The van der Waals surface area contributed by atoms with Crippen LogP contribution in [0.25, 0.3) is 0 Å². The van der Waals surface area contributed by atoms with Crippen LogP contribution < -0.4 is 11.3 Å². The van der Waals surface area contributed by atoms with Gasteiger partial charge in [-0.15, -0.1) is 0 Å². The van der Waals surface area contributed by atoms with Crippen molar-refractivity contribution in [2.24, 2.45) is 0 Å². The van der Waals surface area contributed by atoms with E-state index in [-0.39, 0.29) is 16.5 Å². The van der Waals surface area contributed by atoms with Crippen molar-refractivity contribution in [3.8, 4) is 0 Å². The maximum Gasteiger partial charge on any atom is 0.293 e. The van der Waals surface area contributed by atoms with Gasteiger partial charge >= 0.3 is 0 Å². The zero-order valence-corrected chi connectivity index (χ0v) is 6.80. The molecule has 0 aliphatic heterocycles. The Morgan fingerprint density at radius 1 is 1.82 bits per heavy atom. The van der Waals surface area contributed by atoms with Crippen LogP contribution in [0.2, 0.25) is 5.15 Å². The summed E-state index contributed by atoms with van der Waals surface area (Å²) in [7, 11) is 0.